The molecule has 0 spiro atoms. The van der Waals surface area contributed by atoms with Gasteiger partial charge in [-0.25, -0.2) is 0 Å². The van der Waals surface area contributed by atoms with Crippen molar-refractivity contribution < 1.29 is 4.92 Å². The summed E-state index contributed by atoms with van der Waals surface area (Å²) < 4.78 is 1.68. The molecule has 0 radical (unpaired) electrons. The molecule has 0 aliphatic carbocycles. The number of hydrogen-bond donors (Lipinski definition) is 1. The fourth-order valence-corrected chi connectivity index (χ4v) is 1.42. The van der Waals surface area contributed by atoms with Gasteiger partial charge < -0.3 is 15.4 Å². The van der Waals surface area contributed by atoms with Gasteiger partial charge in [0.05, 0.1) is 0 Å². The van der Waals surface area contributed by atoms with E-state index in [4.69, 9.17) is 0 Å². The molecule has 6 nitrogen and oxygen atoms in total. The van der Waals surface area contributed by atoms with E-state index in [9.17, 15) is 10.1 Å². The van der Waals surface area contributed by atoms with Crippen LogP contribution in [0.4, 0.5) is 11.6 Å². The number of nitrogens with one attached hydrogen (secondary N) is 1. The van der Waals surface area contributed by atoms with Crippen LogP contribution in [0.2, 0.25) is 0 Å². The first kappa shape index (κ1) is 12.2. The largest absolute Gasteiger partial charge is 0.406 e. The molecule has 1 rings (SSSR count). The van der Waals surface area contributed by atoms with Crippen LogP contribution in [0.1, 0.15) is 19.2 Å². The van der Waals surface area contributed by atoms with Gasteiger partial charge in [0.1, 0.15) is 0 Å². The Kier molecular flexibility index (Phi) is 3.65. The van der Waals surface area contributed by atoms with Gasteiger partial charge in [0.25, 0.3) is 0 Å². The highest BCUT2D eigenvalue weighted by Gasteiger charge is 2.24. The molecule has 16 heavy (non-hydrogen) atoms. The van der Waals surface area contributed by atoms with Gasteiger partial charge in [0, 0.05) is 20.0 Å². The van der Waals surface area contributed by atoms with Gasteiger partial charge >= 0.3 is 5.82 Å². The maximum atomic E-state index is 10.8. The Hall–Kier alpha value is -1.85. The second-order valence-corrected chi connectivity index (χ2v) is 3.72. The Labute approximate surface area is 94.1 Å². The van der Waals surface area contributed by atoms with Crippen molar-refractivity contribution in [1.82, 2.24) is 9.55 Å². The standard InChI is InChI=1S/C10H16N4O2/c1-5-6-7(2)11-9-10(14(15)16)12-8(3)13(9)4/h5,7,11H,1,6H2,2-4H3. The van der Waals surface area contributed by atoms with E-state index in [1.165, 1.54) is 0 Å². The molecule has 0 fully saturated rings. The van der Waals surface area contributed by atoms with Crippen molar-refractivity contribution >= 4 is 11.6 Å². The molecule has 1 unspecified atom stereocenters. The van der Waals surface area contributed by atoms with Crippen LogP contribution in [0, 0.1) is 17.0 Å². The molecular formula is C10H16N4O2. The molecule has 0 saturated carbocycles. The lowest BCUT2D eigenvalue weighted by atomic mass is 10.2. The summed E-state index contributed by atoms with van der Waals surface area (Å²) in [5.41, 5.74) is 0. The van der Waals surface area contributed by atoms with Crippen LogP contribution in [0.3, 0.4) is 0 Å². The quantitative estimate of drug-likeness (QED) is 0.471. The highest BCUT2D eigenvalue weighted by Crippen LogP contribution is 2.24. The molecule has 1 aromatic rings. The molecule has 0 aromatic carbocycles. The zero-order valence-corrected chi connectivity index (χ0v) is 9.73. The molecule has 1 aromatic heterocycles. The zero-order chi connectivity index (χ0) is 12.3. The predicted octanol–water partition coefficient (Wildman–Crippen LogP) is 2.01. The van der Waals surface area contributed by atoms with E-state index in [2.05, 4.69) is 16.9 Å². The van der Waals surface area contributed by atoms with Gasteiger partial charge in [-0.3, -0.25) is 4.57 Å². The monoisotopic (exact) mass is 224 g/mol. The number of anilines is 1. The molecule has 0 saturated heterocycles. The summed E-state index contributed by atoms with van der Waals surface area (Å²) in [6.45, 7) is 7.30. The Morgan fingerprint density at radius 2 is 2.38 bits per heavy atom. The smallest absolute Gasteiger partial charge is 0.362 e. The maximum absolute atomic E-state index is 10.8. The highest BCUT2D eigenvalue weighted by atomic mass is 16.6. The number of nitro groups is 1. The van der Waals surface area contributed by atoms with Crippen molar-refractivity contribution in [2.45, 2.75) is 26.3 Å². The molecule has 0 aliphatic rings. The van der Waals surface area contributed by atoms with Crippen molar-refractivity contribution in [1.29, 1.82) is 0 Å². The second kappa shape index (κ2) is 4.78. The number of aromatic nitrogens is 2. The van der Waals surface area contributed by atoms with Crippen molar-refractivity contribution in [3.63, 3.8) is 0 Å². The Morgan fingerprint density at radius 1 is 1.75 bits per heavy atom. The molecular weight excluding hydrogens is 208 g/mol. The molecule has 0 aliphatic heterocycles. The van der Waals surface area contributed by atoms with E-state index < -0.39 is 4.92 Å². The summed E-state index contributed by atoms with van der Waals surface area (Å²) in [5.74, 6) is 0.924. The molecule has 1 atom stereocenters. The fraction of sp³-hybridized carbons (Fsp3) is 0.500. The van der Waals surface area contributed by atoms with E-state index in [0.29, 0.717) is 11.6 Å². The van der Waals surface area contributed by atoms with E-state index in [-0.39, 0.29) is 11.9 Å². The number of nitrogens with zero attached hydrogens (tertiary/aromatic N) is 3. The summed E-state index contributed by atoms with van der Waals surface area (Å²) in [7, 11) is 1.75. The van der Waals surface area contributed by atoms with Crippen molar-refractivity contribution in [3.05, 3.63) is 28.6 Å². The first-order valence-corrected chi connectivity index (χ1v) is 5.02. The highest BCUT2D eigenvalue weighted by molar-refractivity contribution is 5.54. The predicted molar refractivity (Wildman–Crippen MR) is 62.5 cm³/mol. The molecule has 0 bridgehead atoms. The first-order valence-electron chi connectivity index (χ1n) is 5.02. The maximum Gasteiger partial charge on any atom is 0.406 e. The first-order chi connectivity index (χ1) is 7.47. The number of rotatable bonds is 5. The van der Waals surface area contributed by atoms with Gasteiger partial charge in [-0.2, -0.15) is 0 Å². The number of imidazole rings is 1. The van der Waals surface area contributed by atoms with Crippen LogP contribution in [0.15, 0.2) is 12.7 Å². The second-order valence-electron chi connectivity index (χ2n) is 3.72. The van der Waals surface area contributed by atoms with E-state index in [0.717, 1.165) is 6.42 Å². The van der Waals surface area contributed by atoms with Gasteiger partial charge in [-0.1, -0.05) is 6.08 Å². The minimum absolute atomic E-state index is 0.0889. The van der Waals surface area contributed by atoms with Crippen molar-refractivity contribution in [2.75, 3.05) is 5.32 Å². The van der Waals surface area contributed by atoms with Crippen LogP contribution < -0.4 is 5.32 Å². The summed E-state index contributed by atoms with van der Waals surface area (Å²) >= 11 is 0. The molecule has 88 valence electrons. The minimum atomic E-state index is -0.476. The Balaban J connectivity index is 3.01. The Morgan fingerprint density at radius 3 is 2.88 bits per heavy atom. The SMILES string of the molecule is C=CCC(C)Nc1c([N+](=O)[O-])nc(C)n1C. The summed E-state index contributed by atoms with van der Waals surface area (Å²) in [4.78, 5) is 14.2. The van der Waals surface area contributed by atoms with Gasteiger partial charge in [0.15, 0.2) is 0 Å². The van der Waals surface area contributed by atoms with E-state index in [1.807, 2.05) is 6.92 Å². The third-order valence-electron chi connectivity index (χ3n) is 2.38. The Bertz CT molecular complexity index is 411. The topological polar surface area (TPSA) is 73.0 Å². The van der Waals surface area contributed by atoms with Gasteiger partial charge in [-0.05, 0) is 23.3 Å². The van der Waals surface area contributed by atoms with Crippen molar-refractivity contribution in [3.8, 4) is 0 Å². The fourth-order valence-electron chi connectivity index (χ4n) is 1.42. The molecule has 1 N–H and O–H groups in total. The third-order valence-corrected chi connectivity index (χ3v) is 2.38. The molecule has 1 heterocycles. The third kappa shape index (κ3) is 2.39. The summed E-state index contributed by atoms with van der Waals surface area (Å²) in [6.07, 6.45) is 2.51. The van der Waals surface area contributed by atoms with Gasteiger partial charge in [-0.15, -0.1) is 6.58 Å². The van der Waals surface area contributed by atoms with Crippen LogP contribution in [-0.4, -0.2) is 20.5 Å². The lowest BCUT2D eigenvalue weighted by molar-refractivity contribution is -0.388. The van der Waals surface area contributed by atoms with Crippen molar-refractivity contribution in [2.24, 2.45) is 7.05 Å². The number of hydrogen-bond acceptors (Lipinski definition) is 4. The summed E-state index contributed by atoms with van der Waals surface area (Å²) in [6, 6.07) is 0.0889. The van der Waals surface area contributed by atoms with Crippen LogP contribution in [-0.2, 0) is 7.05 Å². The normalized spacial score (nSPS) is 12.2. The van der Waals surface area contributed by atoms with E-state index in [1.54, 1.807) is 24.6 Å². The van der Waals surface area contributed by atoms with Crippen LogP contribution in [0.5, 0.6) is 0 Å². The molecule has 6 heteroatoms. The van der Waals surface area contributed by atoms with Gasteiger partial charge in [0.2, 0.25) is 11.6 Å². The lowest BCUT2D eigenvalue weighted by Crippen LogP contribution is -2.17. The molecule has 0 amide bonds. The average Bonchev–Trinajstić information content (AvgIpc) is 2.46. The average molecular weight is 224 g/mol. The van der Waals surface area contributed by atoms with Crippen LogP contribution in [0.25, 0.3) is 0 Å². The minimum Gasteiger partial charge on any atom is -0.362 e. The van der Waals surface area contributed by atoms with Crippen LogP contribution >= 0.6 is 0 Å². The van der Waals surface area contributed by atoms with E-state index >= 15 is 0 Å². The lowest BCUT2D eigenvalue weighted by Gasteiger charge is -2.12. The summed E-state index contributed by atoms with van der Waals surface area (Å²) in [5, 5.41) is 13.9. The zero-order valence-electron chi connectivity index (χ0n) is 9.73. The number of aryl methyl sites for hydroxylation is 1.